The van der Waals surface area contributed by atoms with Gasteiger partial charge in [0.25, 0.3) is 0 Å². The van der Waals surface area contributed by atoms with Crippen molar-refractivity contribution in [2.45, 2.75) is 32.2 Å². The van der Waals surface area contributed by atoms with E-state index in [1.54, 1.807) is 0 Å². The van der Waals surface area contributed by atoms with E-state index in [2.05, 4.69) is 40.3 Å². The number of halogens is 2. The highest BCUT2D eigenvalue weighted by atomic mass is 79.9. The van der Waals surface area contributed by atoms with Crippen LogP contribution in [0.4, 0.5) is 0 Å². The van der Waals surface area contributed by atoms with Gasteiger partial charge in [0.05, 0.1) is 11.6 Å². The summed E-state index contributed by atoms with van der Waals surface area (Å²) in [6.07, 6.45) is 3.46. The number of benzene rings is 1. The zero-order chi connectivity index (χ0) is 13.7. The summed E-state index contributed by atoms with van der Waals surface area (Å²) in [6, 6.07) is 6.44. The number of rotatable bonds is 5. The molecule has 0 aromatic heterocycles. The molecule has 19 heavy (non-hydrogen) atoms. The molecule has 1 aliphatic rings. The van der Waals surface area contributed by atoms with E-state index in [9.17, 15) is 0 Å². The van der Waals surface area contributed by atoms with Gasteiger partial charge in [-0.05, 0) is 53.4 Å². The fourth-order valence-corrected chi connectivity index (χ4v) is 3.24. The molecule has 2 atom stereocenters. The maximum Gasteiger partial charge on any atom is 0.0595 e. The van der Waals surface area contributed by atoms with Gasteiger partial charge in [-0.2, -0.15) is 0 Å². The third-order valence-electron chi connectivity index (χ3n) is 3.60. The number of hydrogen-bond donors (Lipinski definition) is 1. The van der Waals surface area contributed by atoms with Gasteiger partial charge in [-0.3, -0.25) is 0 Å². The first-order valence-corrected chi connectivity index (χ1v) is 8.16. The minimum atomic E-state index is 0.283. The molecule has 1 N–H and O–H groups in total. The largest absolute Gasteiger partial charge is 0.381 e. The van der Waals surface area contributed by atoms with Crippen molar-refractivity contribution >= 4 is 27.5 Å². The SMILES string of the molecule is CCCNC(c1cccc(Br)c1Cl)C1CCCOC1. The summed E-state index contributed by atoms with van der Waals surface area (Å²) >= 11 is 9.97. The Morgan fingerprint density at radius 3 is 3.05 bits per heavy atom. The maximum atomic E-state index is 6.46. The lowest BCUT2D eigenvalue weighted by Crippen LogP contribution is -2.34. The average molecular weight is 347 g/mol. The van der Waals surface area contributed by atoms with Crippen molar-refractivity contribution in [3.8, 4) is 0 Å². The summed E-state index contributed by atoms with van der Waals surface area (Å²) in [6.45, 7) is 4.90. The zero-order valence-corrected chi connectivity index (χ0v) is 13.6. The maximum absolute atomic E-state index is 6.46. The van der Waals surface area contributed by atoms with E-state index in [0.717, 1.165) is 42.1 Å². The molecule has 1 aromatic carbocycles. The molecular formula is C15H21BrClNO. The van der Waals surface area contributed by atoms with E-state index in [1.807, 2.05) is 6.07 Å². The Morgan fingerprint density at radius 2 is 2.37 bits per heavy atom. The van der Waals surface area contributed by atoms with Crippen molar-refractivity contribution in [2.24, 2.45) is 5.92 Å². The predicted molar refractivity (Wildman–Crippen MR) is 83.7 cm³/mol. The molecule has 106 valence electrons. The number of nitrogens with one attached hydrogen (secondary N) is 1. The van der Waals surface area contributed by atoms with Crippen LogP contribution < -0.4 is 5.32 Å². The molecule has 2 unspecified atom stereocenters. The number of hydrogen-bond acceptors (Lipinski definition) is 2. The Hall–Kier alpha value is -0.0900. The zero-order valence-electron chi connectivity index (χ0n) is 11.3. The molecule has 0 saturated carbocycles. The monoisotopic (exact) mass is 345 g/mol. The lowest BCUT2D eigenvalue weighted by Gasteiger charge is -2.32. The lowest BCUT2D eigenvalue weighted by atomic mass is 9.88. The van der Waals surface area contributed by atoms with Crippen molar-refractivity contribution < 1.29 is 4.74 Å². The van der Waals surface area contributed by atoms with Crippen molar-refractivity contribution in [1.82, 2.24) is 5.32 Å². The van der Waals surface area contributed by atoms with E-state index in [4.69, 9.17) is 16.3 Å². The first kappa shape index (κ1) is 15.3. The standard InChI is InChI=1S/C15H21BrClNO/c1-2-8-18-15(11-5-4-9-19-10-11)12-6-3-7-13(16)14(12)17/h3,6-7,11,15,18H,2,4-5,8-10H2,1H3. The third kappa shape index (κ3) is 3.94. The topological polar surface area (TPSA) is 21.3 Å². The predicted octanol–water partition coefficient (Wildman–Crippen LogP) is 4.57. The van der Waals surface area contributed by atoms with Crippen LogP contribution in [0.3, 0.4) is 0 Å². The van der Waals surface area contributed by atoms with Crippen molar-refractivity contribution in [2.75, 3.05) is 19.8 Å². The summed E-state index contributed by atoms with van der Waals surface area (Å²) < 4.78 is 6.60. The van der Waals surface area contributed by atoms with Gasteiger partial charge in [-0.1, -0.05) is 30.7 Å². The molecule has 0 spiro atoms. The highest BCUT2D eigenvalue weighted by molar-refractivity contribution is 9.10. The molecule has 4 heteroatoms. The molecule has 1 heterocycles. The van der Waals surface area contributed by atoms with Crippen LogP contribution in [0, 0.1) is 5.92 Å². The van der Waals surface area contributed by atoms with Gasteiger partial charge < -0.3 is 10.1 Å². The molecule has 0 radical (unpaired) electrons. The van der Waals surface area contributed by atoms with Crippen LogP contribution >= 0.6 is 27.5 Å². The Labute approximate surface area is 129 Å². The van der Waals surface area contributed by atoms with Crippen LogP contribution in [0.25, 0.3) is 0 Å². The second-order valence-electron chi connectivity index (χ2n) is 5.05. The Bertz CT molecular complexity index is 407. The highest BCUT2D eigenvalue weighted by Gasteiger charge is 2.27. The first-order valence-electron chi connectivity index (χ1n) is 6.99. The van der Waals surface area contributed by atoms with Crippen molar-refractivity contribution in [3.63, 3.8) is 0 Å². The molecule has 0 bridgehead atoms. The molecule has 0 aliphatic carbocycles. The van der Waals surface area contributed by atoms with Crippen LogP contribution in [0.1, 0.15) is 37.8 Å². The smallest absolute Gasteiger partial charge is 0.0595 e. The first-order chi connectivity index (χ1) is 9.24. The fraction of sp³-hybridized carbons (Fsp3) is 0.600. The van der Waals surface area contributed by atoms with Crippen LogP contribution in [-0.2, 0) is 4.74 Å². The highest BCUT2D eigenvalue weighted by Crippen LogP contribution is 2.36. The second kappa shape index (κ2) is 7.63. The van der Waals surface area contributed by atoms with Gasteiger partial charge in [0.15, 0.2) is 0 Å². The van der Waals surface area contributed by atoms with Gasteiger partial charge in [0.1, 0.15) is 0 Å². The summed E-state index contributed by atoms with van der Waals surface area (Å²) in [7, 11) is 0. The average Bonchev–Trinajstić information content (AvgIpc) is 2.45. The van der Waals surface area contributed by atoms with Gasteiger partial charge >= 0.3 is 0 Å². The summed E-state index contributed by atoms with van der Waals surface area (Å²) in [4.78, 5) is 0. The van der Waals surface area contributed by atoms with E-state index in [0.29, 0.717) is 5.92 Å². The van der Waals surface area contributed by atoms with Crippen molar-refractivity contribution in [3.05, 3.63) is 33.3 Å². The summed E-state index contributed by atoms with van der Waals surface area (Å²) in [5.41, 5.74) is 1.18. The van der Waals surface area contributed by atoms with E-state index in [1.165, 1.54) is 12.0 Å². The summed E-state index contributed by atoms with van der Waals surface area (Å²) in [5, 5.41) is 4.46. The van der Waals surface area contributed by atoms with E-state index in [-0.39, 0.29) is 6.04 Å². The molecular weight excluding hydrogens is 326 g/mol. The van der Waals surface area contributed by atoms with Crippen LogP contribution in [0.15, 0.2) is 22.7 Å². The minimum absolute atomic E-state index is 0.283. The Kier molecular flexibility index (Phi) is 6.14. The van der Waals surface area contributed by atoms with E-state index >= 15 is 0 Å². The minimum Gasteiger partial charge on any atom is -0.381 e. The van der Waals surface area contributed by atoms with Gasteiger partial charge in [0, 0.05) is 23.0 Å². The molecule has 1 aliphatic heterocycles. The van der Waals surface area contributed by atoms with Gasteiger partial charge in [-0.15, -0.1) is 0 Å². The lowest BCUT2D eigenvalue weighted by molar-refractivity contribution is 0.0390. The van der Waals surface area contributed by atoms with Gasteiger partial charge in [0.2, 0.25) is 0 Å². The van der Waals surface area contributed by atoms with Crippen LogP contribution in [0.2, 0.25) is 5.02 Å². The second-order valence-corrected chi connectivity index (χ2v) is 6.28. The Balaban J connectivity index is 2.22. The fourth-order valence-electron chi connectivity index (χ4n) is 2.62. The van der Waals surface area contributed by atoms with Crippen LogP contribution in [-0.4, -0.2) is 19.8 Å². The quantitative estimate of drug-likeness (QED) is 0.843. The summed E-state index contributed by atoms with van der Waals surface area (Å²) in [5.74, 6) is 0.507. The Morgan fingerprint density at radius 1 is 1.53 bits per heavy atom. The molecule has 1 saturated heterocycles. The van der Waals surface area contributed by atoms with E-state index < -0.39 is 0 Å². The molecule has 2 rings (SSSR count). The third-order valence-corrected chi connectivity index (χ3v) is 4.91. The molecule has 1 aromatic rings. The van der Waals surface area contributed by atoms with Gasteiger partial charge in [-0.25, -0.2) is 0 Å². The molecule has 0 amide bonds. The number of ether oxygens (including phenoxy) is 1. The normalized spacial score (nSPS) is 21.3. The van der Waals surface area contributed by atoms with Crippen LogP contribution in [0.5, 0.6) is 0 Å². The molecule has 1 fully saturated rings. The van der Waals surface area contributed by atoms with Crippen molar-refractivity contribution in [1.29, 1.82) is 0 Å². The molecule has 2 nitrogen and oxygen atoms in total.